The van der Waals surface area contributed by atoms with Crippen molar-refractivity contribution in [3.8, 4) is 0 Å². The van der Waals surface area contributed by atoms with Crippen LogP contribution in [0.4, 0.5) is 11.6 Å². The highest BCUT2D eigenvalue weighted by atomic mass is 35.5. The lowest BCUT2D eigenvalue weighted by Crippen LogP contribution is -3.00. The smallest absolute Gasteiger partial charge is 0.137 e. The number of rotatable bonds is 6. The number of halogens is 2. The summed E-state index contributed by atoms with van der Waals surface area (Å²) in [5.74, 6) is 1.75. The van der Waals surface area contributed by atoms with Gasteiger partial charge in [0.05, 0.1) is 11.0 Å². The summed E-state index contributed by atoms with van der Waals surface area (Å²) in [4.78, 5) is 17.2. The van der Waals surface area contributed by atoms with Crippen LogP contribution in [-0.2, 0) is 0 Å². The molecule has 140 valence electrons. The van der Waals surface area contributed by atoms with Crippen molar-refractivity contribution in [2.75, 3.05) is 23.7 Å². The minimum absolute atomic E-state index is 0. The van der Waals surface area contributed by atoms with Crippen molar-refractivity contribution in [2.24, 2.45) is 0 Å². The van der Waals surface area contributed by atoms with Gasteiger partial charge in [-0.2, -0.15) is 0 Å². The monoisotopic (exact) mass is 400 g/mol. The van der Waals surface area contributed by atoms with Gasteiger partial charge in [-0.1, -0.05) is 24.3 Å². The van der Waals surface area contributed by atoms with Gasteiger partial charge in [-0.15, -0.1) is 0 Å². The van der Waals surface area contributed by atoms with Crippen LogP contribution in [0.15, 0.2) is 61.2 Å². The van der Waals surface area contributed by atoms with Crippen LogP contribution in [0.25, 0.3) is 21.8 Å². The molecule has 0 bridgehead atoms. The fourth-order valence-corrected chi connectivity index (χ4v) is 2.79. The van der Waals surface area contributed by atoms with Crippen LogP contribution in [0.3, 0.4) is 0 Å². The Morgan fingerprint density at radius 2 is 1.04 bits per heavy atom. The molecule has 4 rings (SSSR count). The first-order chi connectivity index (χ1) is 12.4. The second kappa shape index (κ2) is 9.85. The summed E-state index contributed by atoms with van der Waals surface area (Å²) < 4.78 is 0. The first kappa shape index (κ1) is 20.6. The molecule has 6 nitrogen and oxygen atoms in total. The Bertz CT molecular complexity index is 919. The van der Waals surface area contributed by atoms with Crippen molar-refractivity contribution >= 4 is 33.4 Å². The number of hydrogen-bond donors (Lipinski definition) is 2. The number of anilines is 2. The highest BCUT2D eigenvalue weighted by molar-refractivity contribution is 5.89. The first-order valence-corrected chi connectivity index (χ1v) is 8.29. The molecule has 0 aliphatic rings. The van der Waals surface area contributed by atoms with E-state index in [9.17, 15) is 0 Å². The summed E-state index contributed by atoms with van der Waals surface area (Å²) in [6, 6.07) is 16.0. The molecule has 2 aromatic heterocycles. The van der Waals surface area contributed by atoms with E-state index in [0.29, 0.717) is 0 Å². The summed E-state index contributed by atoms with van der Waals surface area (Å²) in [5, 5.41) is 8.86. The van der Waals surface area contributed by atoms with E-state index in [4.69, 9.17) is 0 Å². The van der Waals surface area contributed by atoms with E-state index < -0.39 is 0 Å². The molecule has 4 aromatic rings. The molecule has 0 atom stereocenters. The zero-order chi connectivity index (χ0) is 16.9. The van der Waals surface area contributed by atoms with E-state index in [2.05, 4.69) is 30.6 Å². The topological polar surface area (TPSA) is 75.6 Å². The Balaban J connectivity index is 0.00000131. The van der Waals surface area contributed by atoms with Crippen molar-refractivity contribution < 1.29 is 24.8 Å². The zero-order valence-electron chi connectivity index (χ0n) is 14.4. The molecular formula is C19H18Cl2N6-2. The SMILES string of the molecule is [Cl-].[Cl-].c1ccc2c(NCCCNc3ncnc4ccccc34)ncnc2c1. The zero-order valence-corrected chi connectivity index (χ0v) is 16.0. The van der Waals surface area contributed by atoms with Gasteiger partial charge in [-0.3, -0.25) is 0 Å². The molecule has 2 aromatic carbocycles. The largest absolute Gasteiger partial charge is 1.00 e. The van der Waals surface area contributed by atoms with E-state index in [1.54, 1.807) is 12.7 Å². The maximum absolute atomic E-state index is 4.34. The van der Waals surface area contributed by atoms with Gasteiger partial charge in [0.15, 0.2) is 0 Å². The second-order valence-electron chi connectivity index (χ2n) is 5.69. The minimum atomic E-state index is 0. The predicted octanol–water partition coefficient (Wildman–Crippen LogP) is -2.50. The van der Waals surface area contributed by atoms with E-state index in [-0.39, 0.29) is 24.8 Å². The van der Waals surface area contributed by atoms with Crippen molar-refractivity contribution in [1.29, 1.82) is 0 Å². The molecule has 0 amide bonds. The number of nitrogens with zero attached hydrogens (tertiary/aromatic N) is 4. The molecule has 0 saturated carbocycles. The number of nitrogens with one attached hydrogen (secondary N) is 2. The molecule has 2 heterocycles. The molecule has 0 radical (unpaired) electrons. The highest BCUT2D eigenvalue weighted by Gasteiger charge is 2.03. The van der Waals surface area contributed by atoms with Crippen LogP contribution in [0, 0.1) is 0 Å². The molecule has 0 spiro atoms. The van der Waals surface area contributed by atoms with Crippen molar-refractivity contribution in [3.05, 3.63) is 61.2 Å². The maximum Gasteiger partial charge on any atom is 0.137 e. The number of aromatic nitrogens is 4. The third kappa shape index (κ3) is 4.72. The molecular weight excluding hydrogens is 383 g/mol. The summed E-state index contributed by atoms with van der Waals surface area (Å²) in [6.45, 7) is 1.63. The second-order valence-corrected chi connectivity index (χ2v) is 5.69. The van der Waals surface area contributed by atoms with Crippen LogP contribution < -0.4 is 35.4 Å². The molecule has 2 N–H and O–H groups in total. The van der Waals surface area contributed by atoms with Gasteiger partial charge < -0.3 is 35.4 Å². The lowest BCUT2D eigenvalue weighted by Gasteiger charge is -2.10. The van der Waals surface area contributed by atoms with Gasteiger partial charge in [0, 0.05) is 23.9 Å². The molecule has 0 saturated heterocycles. The van der Waals surface area contributed by atoms with Crippen molar-refractivity contribution in [2.45, 2.75) is 6.42 Å². The first-order valence-electron chi connectivity index (χ1n) is 8.29. The van der Waals surface area contributed by atoms with Gasteiger partial charge >= 0.3 is 0 Å². The lowest BCUT2D eigenvalue weighted by molar-refractivity contribution is -0.001000. The predicted molar refractivity (Wildman–Crippen MR) is 101 cm³/mol. The van der Waals surface area contributed by atoms with E-state index in [1.807, 2.05) is 48.5 Å². The van der Waals surface area contributed by atoms with Crippen LogP contribution in [0.2, 0.25) is 0 Å². The van der Waals surface area contributed by atoms with Crippen molar-refractivity contribution in [1.82, 2.24) is 19.9 Å². The van der Waals surface area contributed by atoms with E-state index >= 15 is 0 Å². The quantitative estimate of drug-likeness (QED) is 0.348. The van der Waals surface area contributed by atoms with Gasteiger partial charge in [-0.05, 0) is 30.7 Å². The summed E-state index contributed by atoms with van der Waals surface area (Å²) in [6.07, 6.45) is 4.13. The Morgan fingerprint density at radius 3 is 1.52 bits per heavy atom. The normalized spacial score (nSPS) is 10.1. The number of benzene rings is 2. The van der Waals surface area contributed by atoms with E-state index in [1.165, 1.54) is 0 Å². The number of hydrogen-bond acceptors (Lipinski definition) is 6. The summed E-state index contributed by atoms with van der Waals surface area (Å²) in [5.41, 5.74) is 1.90. The Morgan fingerprint density at radius 1 is 0.593 bits per heavy atom. The third-order valence-corrected chi connectivity index (χ3v) is 4.02. The molecule has 0 fully saturated rings. The van der Waals surface area contributed by atoms with Gasteiger partial charge in [0.1, 0.15) is 24.3 Å². The van der Waals surface area contributed by atoms with Crippen LogP contribution in [-0.4, -0.2) is 33.0 Å². The van der Waals surface area contributed by atoms with Crippen LogP contribution in [0.1, 0.15) is 6.42 Å². The molecule has 0 aliphatic carbocycles. The van der Waals surface area contributed by atoms with Gasteiger partial charge in [-0.25, -0.2) is 19.9 Å². The van der Waals surface area contributed by atoms with E-state index in [0.717, 1.165) is 53.0 Å². The molecule has 8 heteroatoms. The summed E-state index contributed by atoms with van der Waals surface area (Å²) >= 11 is 0. The fourth-order valence-electron chi connectivity index (χ4n) is 2.79. The molecule has 27 heavy (non-hydrogen) atoms. The number of fused-ring (bicyclic) bond motifs is 2. The average molecular weight is 401 g/mol. The summed E-state index contributed by atoms with van der Waals surface area (Å²) in [7, 11) is 0. The van der Waals surface area contributed by atoms with Gasteiger partial charge in [0.25, 0.3) is 0 Å². The van der Waals surface area contributed by atoms with Crippen molar-refractivity contribution in [3.63, 3.8) is 0 Å². The third-order valence-electron chi connectivity index (χ3n) is 4.02. The van der Waals surface area contributed by atoms with Crippen LogP contribution >= 0.6 is 0 Å². The standard InChI is InChI=1S/C19H18N6.2ClH/c1-3-8-16-14(6-1)18(24-12-22-16)20-10-5-11-21-19-15-7-2-4-9-17(15)23-13-25-19;;/h1-4,6-9,12-13H,5,10-11H2,(H,20,22,24)(H,21,23,25);2*1H/p-2. The number of para-hydroxylation sites is 2. The Hall–Kier alpha value is -2.70. The molecule has 0 aliphatic heterocycles. The lowest BCUT2D eigenvalue weighted by atomic mass is 10.2. The van der Waals surface area contributed by atoms with Crippen LogP contribution in [0.5, 0.6) is 0 Å². The minimum Gasteiger partial charge on any atom is -1.00 e. The molecule has 0 unspecified atom stereocenters. The maximum atomic E-state index is 4.34. The fraction of sp³-hybridized carbons (Fsp3) is 0.158. The Kier molecular flexibility index (Phi) is 7.52. The highest BCUT2D eigenvalue weighted by Crippen LogP contribution is 2.19. The average Bonchev–Trinajstić information content (AvgIpc) is 2.68. The van der Waals surface area contributed by atoms with Gasteiger partial charge in [0.2, 0.25) is 0 Å². The Labute approximate surface area is 169 Å².